The standard InChI is InChI=1S/C16H24N2O/c1-7-16(4)11(3)10(2)13-8-12(17-5)9-14(19-6)15(13)18-16/h8-11H,7H2,1-6H3. The second-order valence-electron chi connectivity index (χ2n) is 5.71. The van der Waals surface area contributed by atoms with Crippen molar-refractivity contribution in [2.24, 2.45) is 21.8 Å². The lowest BCUT2D eigenvalue weighted by atomic mass is 9.69. The topological polar surface area (TPSA) is 34.0 Å². The van der Waals surface area contributed by atoms with Crippen LogP contribution >= 0.6 is 0 Å². The van der Waals surface area contributed by atoms with Gasteiger partial charge in [0.2, 0.25) is 0 Å². The third-order valence-electron chi connectivity index (χ3n) is 4.87. The lowest BCUT2D eigenvalue weighted by Gasteiger charge is -2.42. The van der Waals surface area contributed by atoms with Crippen LogP contribution in [0.2, 0.25) is 0 Å². The van der Waals surface area contributed by atoms with E-state index in [0.717, 1.165) is 23.6 Å². The maximum Gasteiger partial charge on any atom is 0.146 e. The second-order valence-corrected chi connectivity index (χ2v) is 5.71. The quantitative estimate of drug-likeness (QED) is 0.700. The normalized spacial score (nSPS) is 36.3. The van der Waals surface area contributed by atoms with Gasteiger partial charge in [-0.05, 0) is 36.8 Å². The van der Waals surface area contributed by atoms with Crippen LogP contribution in [-0.2, 0) is 4.74 Å². The molecule has 0 saturated heterocycles. The summed E-state index contributed by atoms with van der Waals surface area (Å²) in [6.07, 6.45) is 5.17. The Morgan fingerprint density at radius 2 is 2.05 bits per heavy atom. The van der Waals surface area contributed by atoms with Gasteiger partial charge < -0.3 is 4.74 Å². The molecule has 0 N–H and O–H groups in total. The van der Waals surface area contributed by atoms with E-state index in [1.54, 1.807) is 7.11 Å². The number of aliphatic imine (C=N–C) groups is 2. The summed E-state index contributed by atoms with van der Waals surface area (Å²) in [6.45, 7) is 9.03. The molecule has 0 radical (unpaired) electrons. The minimum Gasteiger partial charge on any atom is -0.494 e. The van der Waals surface area contributed by atoms with Gasteiger partial charge in [0.25, 0.3) is 0 Å². The maximum atomic E-state index is 5.52. The number of rotatable bonds is 2. The third-order valence-corrected chi connectivity index (χ3v) is 4.87. The molecule has 0 aromatic carbocycles. The van der Waals surface area contributed by atoms with Gasteiger partial charge in [0.05, 0.1) is 18.4 Å². The number of nitrogens with zero attached hydrogens (tertiary/aromatic N) is 2. The van der Waals surface area contributed by atoms with E-state index in [4.69, 9.17) is 9.73 Å². The minimum absolute atomic E-state index is 0.00935. The molecule has 19 heavy (non-hydrogen) atoms. The second kappa shape index (κ2) is 4.95. The number of ether oxygens (including phenoxy) is 1. The van der Waals surface area contributed by atoms with Crippen molar-refractivity contribution in [3.63, 3.8) is 0 Å². The first kappa shape index (κ1) is 14.0. The fourth-order valence-corrected chi connectivity index (χ4v) is 2.93. The Morgan fingerprint density at radius 1 is 1.37 bits per heavy atom. The molecule has 1 aliphatic carbocycles. The molecule has 3 unspecified atom stereocenters. The average molecular weight is 260 g/mol. The first-order chi connectivity index (χ1) is 8.96. The van der Waals surface area contributed by atoms with Crippen LogP contribution in [0.1, 0.15) is 34.1 Å². The molecule has 3 nitrogen and oxygen atoms in total. The van der Waals surface area contributed by atoms with E-state index in [-0.39, 0.29) is 5.54 Å². The summed E-state index contributed by atoms with van der Waals surface area (Å²) in [4.78, 5) is 9.29. The van der Waals surface area contributed by atoms with Crippen LogP contribution in [0.5, 0.6) is 0 Å². The Hall–Kier alpha value is -1.38. The Labute approximate surface area is 116 Å². The zero-order valence-corrected chi connectivity index (χ0v) is 12.8. The maximum absolute atomic E-state index is 5.52. The van der Waals surface area contributed by atoms with Crippen LogP contribution in [0.25, 0.3) is 0 Å². The van der Waals surface area contributed by atoms with E-state index in [1.165, 1.54) is 5.57 Å². The van der Waals surface area contributed by atoms with Crippen molar-refractivity contribution in [1.29, 1.82) is 0 Å². The monoisotopic (exact) mass is 260 g/mol. The molecule has 0 amide bonds. The molecule has 3 atom stereocenters. The van der Waals surface area contributed by atoms with Crippen LogP contribution in [0.3, 0.4) is 0 Å². The zero-order valence-electron chi connectivity index (χ0n) is 12.8. The van der Waals surface area contributed by atoms with Crippen molar-refractivity contribution < 1.29 is 4.74 Å². The summed E-state index contributed by atoms with van der Waals surface area (Å²) in [5.41, 5.74) is 3.23. The van der Waals surface area contributed by atoms with Gasteiger partial charge in [0.1, 0.15) is 11.5 Å². The highest BCUT2D eigenvalue weighted by atomic mass is 16.5. The number of fused-ring (bicyclic) bond motifs is 1. The van der Waals surface area contributed by atoms with Crippen molar-refractivity contribution in [2.75, 3.05) is 14.2 Å². The van der Waals surface area contributed by atoms with Gasteiger partial charge in [-0.2, -0.15) is 0 Å². The van der Waals surface area contributed by atoms with E-state index in [9.17, 15) is 0 Å². The molecule has 1 aliphatic heterocycles. The van der Waals surface area contributed by atoms with Crippen LogP contribution < -0.4 is 0 Å². The van der Waals surface area contributed by atoms with Crippen LogP contribution in [-0.4, -0.2) is 31.1 Å². The Kier molecular flexibility index (Phi) is 3.66. The first-order valence-corrected chi connectivity index (χ1v) is 7.01. The van der Waals surface area contributed by atoms with Gasteiger partial charge in [-0.25, -0.2) is 0 Å². The Balaban J connectivity index is 2.59. The summed E-state index contributed by atoms with van der Waals surface area (Å²) in [5.74, 6) is 1.83. The van der Waals surface area contributed by atoms with Gasteiger partial charge >= 0.3 is 0 Å². The van der Waals surface area contributed by atoms with Gasteiger partial charge in [0.15, 0.2) is 0 Å². The van der Waals surface area contributed by atoms with E-state index >= 15 is 0 Å². The number of allylic oxidation sites excluding steroid dienone is 3. The minimum atomic E-state index is -0.00935. The zero-order chi connectivity index (χ0) is 14.2. The third kappa shape index (κ3) is 2.15. The van der Waals surface area contributed by atoms with Crippen molar-refractivity contribution >= 4 is 11.4 Å². The summed E-state index contributed by atoms with van der Waals surface area (Å²) < 4.78 is 5.52. The lowest BCUT2D eigenvalue weighted by molar-refractivity contribution is 0.239. The fraction of sp³-hybridized carbons (Fsp3) is 0.625. The Morgan fingerprint density at radius 3 is 2.58 bits per heavy atom. The van der Waals surface area contributed by atoms with Crippen molar-refractivity contribution in [3.8, 4) is 0 Å². The van der Waals surface area contributed by atoms with Crippen molar-refractivity contribution in [1.82, 2.24) is 0 Å². The highest BCUT2D eigenvalue weighted by Gasteiger charge is 2.41. The molecule has 0 fully saturated rings. The SMILES string of the molecule is CCC1(C)N=C2C(OC)=CC(=NC)C=C2C(C)C1C. The molecule has 2 rings (SSSR count). The van der Waals surface area contributed by atoms with Gasteiger partial charge in [0, 0.05) is 13.1 Å². The largest absolute Gasteiger partial charge is 0.494 e. The van der Waals surface area contributed by atoms with Gasteiger partial charge in [-0.1, -0.05) is 20.8 Å². The molecule has 0 spiro atoms. The smallest absolute Gasteiger partial charge is 0.146 e. The molecule has 0 aromatic rings. The number of hydrogen-bond acceptors (Lipinski definition) is 3. The summed E-state index contributed by atoms with van der Waals surface area (Å²) >= 11 is 0. The van der Waals surface area contributed by atoms with Gasteiger partial charge in [-0.15, -0.1) is 0 Å². The predicted molar refractivity (Wildman–Crippen MR) is 81.0 cm³/mol. The first-order valence-electron chi connectivity index (χ1n) is 7.01. The van der Waals surface area contributed by atoms with E-state index in [1.807, 2.05) is 13.1 Å². The molecule has 0 aromatic heterocycles. The predicted octanol–water partition coefficient (Wildman–Crippen LogP) is 3.42. The van der Waals surface area contributed by atoms with Crippen molar-refractivity contribution in [2.45, 2.75) is 39.7 Å². The van der Waals surface area contributed by atoms with E-state index in [2.05, 4.69) is 38.8 Å². The number of hydrogen-bond donors (Lipinski definition) is 0. The fourth-order valence-electron chi connectivity index (χ4n) is 2.93. The van der Waals surface area contributed by atoms with Crippen molar-refractivity contribution in [3.05, 3.63) is 23.5 Å². The average Bonchev–Trinajstić information content (AvgIpc) is 2.44. The number of methoxy groups -OCH3 is 1. The molecular formula is C16H24N2O. The van der Waals surface area contributed by atoms with E-state index < -0.39 is 0 Å². The highest BCUT2D eigenvalue weighted by Crippen LogP contribution is 2.42. The van der Waals surface area contributed by atoms with E-state index in [0.29, 0.717) is 11.8 Å². The summed E-state index contributed by atoms with van der Waals surface area (Å²) in [6, 6.07) is 0. The lowest BCUT2D eigenvalue weighted by Crippen LogP contribution is -2.43. The highest BCUT2D eigenvalue weighted by molar-refractivity contribution is 6.23. The molecular weight excluding hydrogens is 236 g/mol. The molecule has 0 bridgehead atoms. The summed E-state index contributed by atoms with van der Waals surface area (Å²) in [5, 5.41) is 0. The van der Waals surface area contributed by atoms with Crippen LogP contribution in [0, 0.1) is 11.8 Å². The van der Waals surface area contributed by atoms with Gasteiger partial charge in [-0.3, -0.25) is 9.98 Å². The molecule has 1 heterocycles. The molecule has 0 saturated carbocycles. The molecule has 3 heteroatoms. The van der Waals surface area contributed by atoms with Crippen LogP contribution in [0.15, 0.2) is 33.5 Å². The Bertz CT molecular complexity index is 499. The molecule has 2 aliphatic rings. The molecule has 104 valence electrons. The summed E-state index contributed by atoms with van der Waals surface area (Å²) in [7, 11) is 3.52. The van der Waals surface area contributed by atoms with Crippen LogP contribution in [0.4, 0.5) is 0 Å².